The molecular weight excluding hydrogens is 332 g/mol. The number of nitrogens with zero attached hydrogens (tertiary/aromatic N) is 1. The number of carbonyl (C=O) groups excluding carboxylic acids is 1. The first-order valence-electron chi connectivity index (χ1n) is 8.80. The minimum Gasteiger partial charge on any atom is -0.481 e. The molecule has 1 heterocycles. The lowest BCUT2D eigenvalue weighted by molar-refractivity contribution is -0.141. The molecule has 0 bridgehead atoms. The number of hydrogen-bond donors (Lipinski definition) is 2. The Morgan fingerprint density at radius 2 is 1.88 bits per heavy atom. The van der Waals surface area contributed by atoms with Crippen LogP contribution in [0.25, 0.3) is 0 Å². The van der Waals surface area contributed by atoms with E-state index in [1.807, 2.05) is 6.92 Å². The number of carboxylic acids is 1. The number of hydrogen-bond acceptors (Lipinski definition) is 4. The van der Waals surface area contributed by atoms with Gasteiger partial charge in [0.25, 0.3) is 0 Å². The summed E-state index contributed by atoms with van der Waals surface area (Å²) in [5.74, 6) is -1.08. The lowest BCUT2D eigenvalue weighted by Gasteiger charge is -2.43. The van der Waals surface area contributed by atoms with Crippen LogP contribution < -0.4 is 5.32 Å². The highest BCUT2D eigenvalue weighted by Crippen LogP contribution is 2.35. The highest BCUT2D eigenvalue weighted by Gasteiger charge is 2.42. The molecule has 2 fully saturated rings. The van der Waals surface area contributed by atoms with Crippen molar-refractivity contribution in [2.75, 3.05) is 18.8 Å². The summed E-state index contributed by atoms with van der Waals surface area (Å²) in [6.45, 7) is 2.70. The van der Waals surface area contributed by atoms with Crippen molar-refractivity contribution in [2.45, 2.75) is 63.8 Å². The Labute approximate surface area is 143 Å². The molecule has 0 unspecified atom stereocenters. The van der Waals surface area contributed by atoms with E-state index in [0.717, 1.165) is 12.8 Å². The lowest BCUT2D eigenvalue weighted by atomic mass is 9.74. The summed E-state index contributed by atoms with van der Waals surface area (Å²) in [4.78, 5) is 23.4. The van der Waals surface area contributed by atoms with Gasteiger partial charge in [-0.25, -0.2) is 12.7 Å². The number of nitrogens with one attached hydrogen (secondary N) is 1. The largest absolute Gasteiger partial charge is 0.481 e. The van der Waals surface area contributed by atoms with Gasteiger partial charge in [0, 0.05) is 19.0 Å². The number of carbonyl (C=O) groups is 2. The van der Waals surface area contributed by atoms with Crippen LogP contribution in [-0.2, 0) is 19.6 Å². The quantitative estimate of drug-likeness (QED) is 0.680. The van der Waals surface area contributed by atoms with E-state index in [9.17, 15) is 18.0 Å². The highest BCUT2D eigenvalue weighted by molar-refractivity contribution is 7.89. The molecule has 8 heteroatoms. The van der Waals surface area contributed by atoms with Gasteiger partial charge in [-0.2, -0.15) is 0 Å². The van der Waals surface area contributed by atoms with Crippen LogP contribution in [0.3, 0.4) is 0 Å². The normalized spacial score (nSPS) is 21.9. The number of sulfonamides is 1. The number of piperidine rings is 1. The van der Waals surface area contributed by atoms with Crippen LogP contribution in [0.2, 0.25) is 0 Å². The Hall–Kier alpha value is -1.15. The minimum atomic E-state index is -3.22. The minimum absolute atomic E-state index is 0.0387. The Morgan fingerprint density at radius 3 is 2.33 bits per heavy atom. The maximum absolute atomic E-state index is 12.4. The molecule has 138 valence electrons. The second-order valence-electron chi connectivity index (χ2n) is 7.04. The van der Waals surface area contributed by atoms with E-state index in [0.29, 0.717) is 45.2 Å². The van der Waals surface area contributed by atoms with Gasteiger partial charge in [-0.1, -0.05) is 13.3 Å². The number of amides is 1. The van der Waals surface area contributed by atoms with Crippen molar-refractivity contribution < 1.29 is 23.1 Å². The summed E-state index contributed by atoms with van der Waals surface area (Å²) in [6.07, 6.45) is 4.79. The SMILES string of the molecule is CCCCS(=O)(=O)N1CCC(C(=O)NC2(CC(=O)O)CCC2)CC1. The predicted molar refractivity (Wildman–Crippen MR) is 90.0 cm³/mol. The van der Waals surface area contributed by atoms with E-state index in [-0.39, 0.29) is 24.0 Å². The van der Waals surface area contributed by atoms with Gasteiger partial charge in [-0.05, 0) is 38.5 Å². The van der Waals surface area contributed by atoms with Crippen LogP contribution in [-0.4, -0.2) is 54.1 Å². The van der Waals surface area contributed by atoms with Gasteiger partial charge in [-0.3, -0.25) is 9.59 Å². The number of carboxylic acid groups (broad SMARTS) is 1. The van der Waals surface area contributed by atoms with Crippen LogP contribution in [0, 0.1) is 5.92 Å². The molecule has 1 aliphatic heterocycles. The first kappa shape index (κ1) is 19.2. The topological polar surface area (TPSA) is 104 Å². The fraction of sp³-hybridized carbons (Fsp3) is 0.875. The Kier molecular flexibility index (Phi) is 6.25. The molecule has 24 heavy (non-hydrogen) atoms. The van der Waals surface area contributed by atoms with E-state index < -0.39 is 21.5 Å². The molecule has 1 saturated carbocycles. The first-order valence-corrected chi connectivity index (χ1v) is 10.4. The molecule has 1 aliphatic carbocycles. The first-order chi connectivity index (χ1) is 11.3. The van der Waals surface area contributed by atoms with Crippen molar-refractivity contribution in [1.82, 2.24) is 9.62 Å². The molecule has 2 rings (SSSR count). The van der Waals surface area contributed by atoms with Gasteiger partial charge in [0.1, 0.15) is 0 Å². The monoisotopic (exact) mass is 360 g/mol. The summed E-state index contributed by atoms with van der Waals surface area (Å²) in [5, 5.41) is 11.9. The molecule has 7 nitrogen and oxygen atoms in total. The Bertz CT molecular complexity index is 563. The van der Waals surface area contributed by atoms with E-state index >= 15 is 0 Å². The molecule has 0 spiro atoms. The standard InChI is InChI=1S/C16H28N2O5S/c1-2-3-11-24(22,23)18-9-5-13(6-10-18)15(21)17-16(7-4-8-16)12-14(19)20/h13H,2-12H2,1H3,(H,17,21)(H,19,20). The van der Waals surface area contributed by atoms with Crippen molar-refractivity contribution in [2.24, 2.45) is 5.92 Å². The van der Waals surface area contributed by atoms with Gasteiger partial charge >= 0.3 is 5.97 Å². The molecule has 2 N–H and O–H groups in total. The third kappa shape index (κ3) is 4.69. The molecule has 0 aromatic rings. The van der Waals surface area contributed by atoms with E-state index in [1.54, 1.807) is 0 Å². The van der Waals surface area contributed by atoms with Crippen molar-refractivity contribution in [3.05, 3.63) is 0 Å². The number of aliphatic carboxylic acids is 1. The molecule has 2 aliphatic rings. The van der Waals surface area contributed by atoms with Gasteiger partial charge < -0.3 is 10.4 Å². The summed E-state index contributed by atoms with van der Waals surface area (Å²) in [6, 6.07) is 0. The summed E-state index contributed by atoms with van der Waals surface area (Å²) >= 11 is 0. The smallest absolute Gasteiger partial charge is 0.305 e. The Morgan fingerprint density at radius 1 is 1.25 bits per heavy atom. The van der Waals surface area contributed by atoms with Crippen molar-refractivity contribution >= 4 is 21.9 Å². The van der Waals surface area contributed by atoms with Gasteiger partial charge in [0.15, 0.2) is 0 Å². The van der Waals surface area contributed by atoms with Crippen molar-refractivity contribution in [3.63, 3.8) is 0 Å². The fourth-order valence-corrected chi connectivity index (χ4v) is 5.13. The maximum Gasteiger partial charge on any atom is 0.305 e. The fourth-order valence-electron chi connectivity index (χ4n) is 3.45. The lowest BCUT2D eigenvalue weighted by Crippen LogP contribution is -2.57. The molecule has 0 aromatic carbocycles. The van der Waals surface area contributed by atoms with E-state index in [4.69, 9.17) is 5.11 Å². The van der Waals surface area contributed by atoms with Crippen molar-refractivity contribution in [1.29, 1.82) is 0 Å². The summed E-state index contributed by atoms with van der Waals surface area (Å²) in [5.41, 5.74) is -0.590. The molecule has 1 saturated heterocycles. The van der Waals surface area contributed by atoms with Crippen molar-refractivity contribution in [3.8, 4) is 0 Å². The number of unbranched alkanes of at least 4 members (excludes halogenated alkanes) is 1. The zero-order valence-electron chi connectivity index (χ0n) is 14.3. The second kappa shape index (κ2) is 7.82. The molecular formula is C16H28N2O5S. The number of rotatable bonds is 8. The van der Waals surface area contributed by atoms with Crippen LogP contribution in [0.5, 0.6) is 0 Å². The van der Waals surface area contributed by atoms with Crippen LogP contribution in [0.15, 0.2) is 0 Å². The second-order valence-corrected chi connectivity index (χ2v) is 9.13. The van der Waals surface area contributed by atoms with Gasteiger partial charge in [0.05, 0.1) is 17.7 Å². The van der Waals surface area contributed by atoms with Gasteiger partial charge in [-0.15, -0.1) is 0 Å². The zero-order chi connectivity index (χ0) is 17.8. The molecule has 0 aromatic heterocycles. The maximum atomic E-state index is 12.4. The predicted octanol–water partition coefficient (Wildman–Crippen LogP) is 1.34. The van der Waals surface area contributed by atoms with Crippen LogP contribution in [0.4, 0.5) is 0 Å². The molecule has 0 radical (unpaired) electrons. The van der Waals surface area contributed by atoms with E-state index in [2.05, 4.69) is 5.32 Å². The molecule has 1 amide bonds. The van der Waals surface area contributed by atoms with E-state index in [1.165, 1.54) is 4.31 Å². The summed E-state index contributed by atoms with van der Waals surface area (Å²) < 4.78 is 25.9. The third-order valence-electron chi connectivity index (χ3n) is 5.16. The zero-order valence-corrected chi connectivity index (χ0v) is 15.1. The van der Waals surface area contributed by atoms with Crippen LogP contribution >= 0.6 is 0 Å². The Balaban J connectivity index is 1.85. The average Bonchev–Trinajstić information content (AvgIpc) is 2.50. The summed E-state index contributed by atoms with van der Waals surface area (Å²) in [7, 11) is -3.22. The third-order valence-corrected chi connectivity index (χ3v) is 7.12. The highest BCUT2D eigenvalue weighted by atomic mass is 32.2. The van der Waals surface area contributed by atoms with Crippen LogP contribution in [0.1, 0.15) is 58.3 Å². The molecule has 0 atom stereocenters. The average molecular weight is 360 g/mol. The van der Waals surface area contributed by atoms with Gasteiger partial charge in [0.2, 0.25) is 15.9 Å².